The molecule has 0 unspecified atom stereocenters. The Hall–Kier alpha value is -2.74. The number of anilines is 1. The van der Waals surface area contributed by atoms with E-state index < -0.39 is 17.3 Å². The molecule has 0 fully saturated rings. The van der Waals surface area contributed by atoms with Gasteiger partial charge in [-0.15, -0.1) is 0 Å². The summed E-state index contributed by atoms with van der Waals surface area (Å²) in [5.41, 5.74) is 0.868. The Bertz CT molecular complexity index is 944. The molecule has 1 N–H and O–H groups in total. The van der Waals surface area contributed by atoms with Crippen LogP contribution in [0.3, 0.4) is 0 Å². The first-order valence-electron chi connectivity index (χ1n) is 7.94. The Morgan fingerprint density at radius 1 is 1.35 bits per heavy atom. The normalized spacial score (nSPS) is 13.3. The summed E-state index contributed by atoms with van der Waals surface area (Å²) in [5.74, 6) is -1.31. The first kappa shape index (κ1) is 18.1. The Kier molecular flexibility index (Phi) is 5.03. The monoisotopic (exact) mass is 378 g/mol. The fourth-order valence-corrected chi connectivity index (χ4v) is 2.90. The molecule has 2 amide bonds. The summed E-state index contributed by atoms with van der Waals surface area (Å²) in [6, 6.07) is 5.26. The molecule has 0 atom stereocenters. The summed E-state index contributed by atoms with van der Waals surface area (Å²) >= 11 is 5.67. The molecule has 136 valence electrons. The van der Waals surface area contributed by atoms with Crippen molar-refractivity contribution in [3.63, 3.8) is 0 Å². The molecule has 1 aromatic heterocycles. The van der Waals surface area contributed by atoms with Crippen molar-refractivity contribution in [2.24, 2.45) is 0 Å². The molecule has 0 saturated carbocycles. The van der Waals surface area contributed by atoms with Crippen LogP contribution in [0.2, 0.25) is 5.02 Å². The van der Waals surface area contributed by atoms with Gasteiger partial charge in [0, 0.05) is 43.1 Å². The molecule has 1 aliphatic heterocycles. The highest BCUT2D eigenvalue weighted by molar-refractivity contribution is 6.30. The van der Waals surface area contributed by atoms with Crippen LogP contribution in [0.1, 0.15) is 18.2 Å². The predicted octanol–water partition coefficient (Wildman–Crippen LogP) is 1.58. The Morgan fingerprint density at radius 3 is 2.81 bits per heavy atom. The SMILES string of the molecule is CC(=O)N1CCc2nn(CC(=O)Nc3ccc(Cl)cc3F)c(=O)cc2C1. The van der Waals surface area contributed by atoms with E-state index in [1.165, 1.54) is 25.1 Å². The molecule has 1 aliphatic rings. The molecule has 3 rings (SSSR count). The Balaban J connectivity index is 1.75. The second kappa shape index (κ2) is 7.25. The van der Waals surface area contributed by atoms with E-state index in [0.717, 1.165) is 10.7 Å². The van der Waals surface area contributed by atoms with Crippen molar-refractivity contribution in [2.75, 3.05) is 11.9 Å². The van der Waals surface area contributed by atoms with Crippen LogP contribution >= 0.6 is 11.6 Å². The number of nitrogens with zero attached hydrogens (tertiary/aromatic N) is 3. The zero-order chi connectivity index (χ0) is 18.8. The zero-order valence-electron chi connectivity index (χ0n) is 14.0. The highest BCUT2D eigenvalue weighted by atomic mass is 35.5. The molecule has 0 aliphatic carbocycles. The van der Waals surface area contributed by atoms with Gasteiger partial charge in [0.15, 0.2) is 0 Å². The number of nitrogens with one attached hydrogen (secondary N) is 1. The van der Waals surface area contributed by atoms with Crippen LogP contribution < -0.4 is 10.9 Å². The number of benzene rings is 1. The highest BCUT2D eigenvalue weighted by Gasteiger charge is 2.21. The van der Waals surface area contributed by atoms with Crippen molar-refractivity contribution < 1.29 is 14.0 Å². The minimum absolute atomic E-state index is 0.0255. The van der Waals surface area contributed by atoms with Crippen LogP contribution in [0.5, 0.6) is 0 Å². The quantitative estimate of drug-likeness (QED) is 0.878. The van der Waals surface area contributed by atoms with Crippen molar-refractivity contribution >= 4 is 29.1 Å². The van der Waals surface area contributed by atoms with Crippen LogP contribution in [0.25, 0.3) is 0 Å². The molecule has 0 bridgehead atoms. The molecule has 1 aromatic carbocycles. The topological polar surface area (TPSA) is 84.3 Å². The predicted molar refractivity (Wildman–Crippen MR) is 93.3 cm³/mol. The van der Waals surface area contributed by atoms with E-state index in [1.54, 1.807) is 4.90 Å². The third kappa shape index (κ3) is 3.91. The fourth-order valence-electron chi connectivity index (χ4n) is 2.74. The third-order valence-corrected chi connectivity index (χ3v) is 4.32. The number of fused-ring (bicyclic) bond motifs is 1. The maximum atomic E-state index is 13.7. The van der Waals surface area contributed by atoms with Crippen molar-refractivity contribution in [2.45, 2.75) is 26.4 Å². The van der Waals surface area contributed by atoms with Crippen LogP contribution in [0.4, 0.5) is 10.1 Å². The van der Waals surface area contributed by atoms with E-state index in [9.17, 15) is 18.8 Å². The molecule has 0 radical (unpaired) electrons. The molecule has 0 saturated heterocycles. The van der Waals surface area contributed by atoms with Gasteiger partial charge < -0.3 is 10.2 Å². The number of carbonyl (C=O) groups excluding carboxylic acids is 2. The second-order valence-electron chi connectivity index (χ2n) is 5.98. The first-order chi connectivity index (χ1) is 12.3. The number of rotatable bonds is 3. The van der Waals surface area contributed by atoms with Crippen LogP contribution in [0, 0.1) is 5.82 Å². The lowest BCUT2D eigenvalue weighted by Crippen LogP contribution is -2.38. The van der Waals surface area contributed by atoms with Gasteiger partial charge in [0.2, 0.25) is 11.8 Å². The molecule has 26 heavy (non-hydrogen) atoms. The summed E-state index contributed by atoms with van der Waals surface area (Å²) < 4.78 is 14.8. The van der Waals surface area contributed by atoms with Gasteiger partial charge in [-0.05, 0) is 18.2 Å². The van der Waals surface area contributed by atoms with Gasteiger partial charge >= 0.3 is 0 Å². The summed E-state index contributed by atoms with van der Waals surface area (Å²) in [5, 5.41) is 6.82. The molecule has 0 spiro atoms. The minimum atomic E-state index is -0.666. The molecule has 2 heterocycles. The summed E-state index contributed by atoms with van der Waals surface area (Å²) in [6.45, 7) is 1.97. The number of hydrogen-bond donors (Lipinski definition) is 1. The van der Waals surface area contributed by atoms with Crippen LogP contribution in [-0.2, 0) is 29.1 Å². The Labute approximate surface area is 153 Å². The molecule has 2 aromatic rings. The first-order valence-corrected chi connectivity index (χ1v) is 8.31. The van der Waals surface area contributed by atoms with Gasteiger partial charge in [-0.1, -0.05) is 11.6 Å². The van der Waals surface area contributed by atoms with E-state index in [4.69, 9.17) is 11.6 Å². The van der Waals surface area contributed by atoms with Gasteiger partial charge in [0.1, 0.15) is 12.4 Å². The van der Waals surface area contributed by atoms with Gasteiger partial charge in [-0.25, -0.2) is 9.07 Å². The molecule has 9 heteroatoms. The average Bonchev–Trinajstić information content (AvgIpc) is 2.57. The third-order valence-electron chi connectivity index (χ3n) is 4.09. The molecule has 7 nitrogen and oxygen atoms in total. The lowest BCUT2D eigenvalue weighted by molar-refractivity contribution is -0.129. The molecular formula is C17H16ClFN4O3. The second-order valence-corrected chi connectivity index (χ2v) is 6.41. The van der Waals surface area contributed by atoms with Gasteiger partial charge in [-0.3, -0.25) is 14.4 Å². The van der Waals surface area contributed by atoms with E-state index in [-0.39, 0.29) is 23.2 Å². The smallest absolute Gasteiger partial charge is 0.267 e. The van der Waals surface area contributed by atoms with Gasteiger partial charge in [-0.2, -0.15) is 5.10 Å². The largest absolute Gasteiger partial charge is 0.338 e. The molecular weight excluding hydrogens is 363 g/mol. The van der Waals surface area contributed by atoms with Gasteiger partial charge in [0.05, 0.1) is 11.4 Å². The van der Waals surface area contributed by atoms with Crippen molar-refractivity contribution in [3.05, 3.63) is 56.7 Å². The highest BCUT2D eigenvalue weighted by Crippen LogP contribution is 2.19. The zero-order valence-corrected chi connectivity index (χ0v) is 14.7. The summed E-state index contributed by atoms with van der Waals surface area (Å²) in [7, 11) is 0. The van der Waals surface area contributed by atoms with E-state index in [2.05, 4.69) is 10.4 Å². The van der Waals surface area contributed by atoms with E-state index in [1.807, 2.05) is 0 Å². The number of hydrogen-bond acceptors (Lipinski definition) is 4. The van der Waals surface area contributed by atoms with Crippen molar-refractivity contribution in [1.82, 2.24) is 14.7 Å². The fraction of sp³-hybridized carbons (Fsp3) is 0.294. The van der Waals surface area contributed by atoms with Crippen molar-refractivity contribution in [3.8, 4) is 0 Å². The number of halogens is 2. The Morgan fingerprint density at radius 2 is 2.12 bits per heavy atom. The summed E-state index contributed by atoms with van der Waals surface area (Å²) in [6.07, 6.45) is 0.503. The lowest BCUT2D eigenvalue weighted by Gasteiger charge is -2.27. The van der Waals surface area contributed by atoms with Crippen LogP contribution in [0.15, 0.2) is 29.1 Å². The van der Waals surface area contributed by atoms with E-state index in [0.29, 0.717) is 30.8 Å². The maximum Gasteiger partial charge on any atom is 0.267 e. The standard InChI is InChI=1S/C17H16ClFN4O3/c1-10(24)22-5-4-14-11(8-22)6-17(26)23(21-14)9-16(25)20-15-3-2-12(18)7-13(15)19/h2-3,6-7H,4-5,8-9H2,1H3,(H,20,25). The number of carbonyl (C=O) groups is 2. The van der Waals surface area contributed by atoms with Crippen molar-refractivity contribution in [1.29, 1.82) is 0 Å². The minimum Gasteiger partial charge on any atom is -0.338 e. The van der Waals surface area contributed by atoms with Crippen LogP contribution in [-0.4, -0.2) is 33.0 Å². The lowest BCUT2D eigenvalue weighted by atomic mass is 10.1. The average molecular weight is 379 g/mol. The number of amides is 2. The maximum absolute atomic E-state index is 13.7. The summed E-state index contributed by atoms with van der Waals surface area (Å²) in [4.78, 5) is 37.4. The van der Waals surface area contributed by atoms with E-state index >= 15 is 0 Å². The number of aromatic nitrogens is 2. The van der Waals surface area contributed by atoms with Gasteiger partial charge in [0.25, 0.3) is 5.56 Å².